The van der Waals surface area contributed by atoms with E-state index in [0.29, 0.717) is 39.5 Å². The Morgan fingerprint density at radius 2 is 1.89 bits per heavy atom. The molecule has 3 heterocycles. The predicted octanol–water partition coefficient (Wildman–Crippen LogP) is 2.21. The van der Waals surface area contributed by atoms with Crippen molar-refractivity contribution >= 4 is 21.6 Å². The number of hydrogen-bond acceptors (Lipinski definition) is 6. The lowest BCUT2D eigenvalue weighted by atomic mass is 10.2. The van der Waals surface area contributed by atoms with Crippen LogP contribution in [0.15, 0.2) is 33.9 Å². The molecule has 27 heavy (non-hydrogen) atoms. The van der Waals surface area contributed by atoms with Crippen LogP contribution in [0.4, 0.5) is 13.2 Å². The number of ether oxygens (including phenoxy) is 2. The first kappa shape index (κ1) is 17.9. The van der Waals surface area contributed by atoms with Crippen LogP contribution in [-0.2, 0) is 22.7 Å². The summed E-state index contributed by atoms with van der Waals surface area (Å²) in [5.74, 6) is 0. The van der Waals surface area contributed by atoms with E-state index in [-0.39, 0.29) is 5.69 Å². The number of halogens is 3. The zero-order chi connectivity index (χ0) is 19.3. The number of alkyl halides is 3. The molecule has 3 aromatic rings. The van der Waals surface area contributed by atoms with Gasteiger partial charge in [-0.2, -0.15) is 17.5 Å². The highest BCUT2D eigenvalue weighted by Crippen LogP contribution is 2.33. The fraction of sp³-hybridized carbons (Fsp3) is 0.312. The van der Waals surface area contributed by atoms with Crippen LogP contribution in [-0.4, -0.2) is 26.7 Å². The van der Waals surface area contributed by atoms with Crippen molar-refractivity contribution in [2.45, 2.75) is 12.5 Å². The monoisotopic (exact) mass is 399 g/mol. The van der Waals surface area contributed by atoms with Gasteiger partial charge in [0.15, 0.2) is 0 Å². The van der Waals surface area contributed by atoms with Crippen LogP contribution in [0.1, 0.15) is 17.7 Å². The van der Waals surface area contributed by atoms with Gasteiger partial charge in [0.1, 0.15) is 11.4 Å². The summed E-state index contributed by atoms with van der Waals surface area (Å²) in [6, 6.07) is 5.05. The Bertz CT molecular complexity index is 1140. The molecule has 11 heteroatoms. The highest BCUT2D eigenvalue weighted by molar-refractivity contribution is 7.13. The molecule has 0 spiro atoms. The van der Waals surface area contributed by atoms with Gasteiger partial charge in [-0.05, 0) is 29.7 Å². The van der Waals surface area contributed by atoms with Gasteiger partial charge in [0.05, 0.1) is 23.6 Å². The highest BCUT2D eigenvalue weighted by Gasteiger charge is 2.35. The summed E-state index contributed by atoms with van der Waals surface area (Å²) in [7, 11) is 0.970. The second-order valence-corrected chi connectivity index (χ2v) is 6.67. The maximum Gasteiger partial charge on any atom is 0.431 e. The lowest BCUT2D eigenvalue weighted by Gasteiger charge is -2.14. The molecule has 0 amide bonds. The van der Waals surface area contributed by atoms with E-state index in [1.807, 2.05) is 0 Å². The molecule has 1 saturated heterocycles. The minimum Gasteiger partial charge on any atom is -0.345 e. The molecular formula is C16H12F3N3O4S. The van der Waals surface area contributed by atoms with Crippen molar-refractivity contribution in [2.75, 3.05) is 13.2 Å². The molecule has 4 rings (SSSR count). The van der Waals surface area contributed by atoms with Gasteiger partial charge in [-0.25, -0.2) is 9.36 Å². The summed E-state index contributed by atoms with van der Waals surface area (Å²) in [6.45, 7) is 0.838. The quantitative estimate of drug-likeness (QED) is 0.661. The van der Waals surface area contributed by atoms with Gasteiger partial charge in [0, 0.05) is 18.5 Å². The maximum atomic E-state index is 13.0. The van der Waals surface area contributed by atoms with Crippen LogP contribution >= 0.6 is 11.5 Å². The van der Waals surface area contributed by atoms with E-state index in [1.165, 1.54) is 23.7 Å². The summed E-state index contributed by atoms with van der Waals surface area (Å²) in [5.41, 5.74) is -2.82. The summed E-state index contributed by atoms with van der Waals surface area (Å²) in [4.78, 5) is 24.7. The van der Waals surface area contributed by atoms with E-state index >= 15 is 0 Å². The van der Waals surface area contributed by atoms with Crippen LogP contribution in [0.5, 0.6) is 0 Å². The van der Waals surface area contributed by atoms with Crippen LogP contribution in [0.3, 0.4) is 0 Å². The van der Waals surface area contributed by atoms with Gasteiger partial charge in [0.25, 0.3) is 5.56 Å². The highest BCUT2D eigenvalue weighted by atomic mass is 32.1. The van der Waals surface area contributed by atoms with Crippen LogP contribution in [0, 0.1) is 0 Å². The molecule has 0 bridgehead atoms. The first-order valence-electron chi connectivity index (χ1n) is 7.80. The van der Waals surface area contributed by atoms with Crippen molar-refractivity contribution < 1.29 is 22.6 Å². The van der Waals surface area contributed by atoms with Gasteiger partial charge >= 0.3 is 11.9 Å². The molecule has 1 aromatic carbocycles. The minimum atomic E-state index is -4.81. The molecule has 0 N–H and O–H groups in total. The molecule has 0 atom stereocenters. The Labute approximate surface area is 153 Å². The van der Waals surface area contributed by atoms with Crippen LogP contribution in [0.2, 0.25) is 0 Å². The summed E-state index contributed by atoms with van der Waals surface area (Å²) in [6.07, 6.45) is -5.46. The second kappa shape index (κ2) is 6.29. The topological polar surface area (TPSA) is 75.3 Å². The first-order chi connectivity index (χ1) is 12.8. The van der Waals surface area contributed by atoms with E-state index in [9.17, 15) is 22.8 Å². The zero-order valence-electron chi connectivity index (χ0n) is 13.8. The van der Waals surface area contributed by atoms with Crippen molar-refractivity contribution in [1.82, 2.24) is 13.5 Å². The molecule has 0 saturated carbocycles. The maximum absolute atomic E-state index is 13.0. The molecule has 1 fully saturated rings. The van der Waals surface area contributed by atoms with Gasteiger partial charge in [0.2, 0.25) is 6.29 Å². The predicted molar refractivity (Wildman–Crippen MR) is 90.1 cm³/mol. The van der Waals surface area contributed by atoms with E-state index in [2.05, 4.69) is 4.37 Å². The van der Waals surface area contributed by atoms with Gasteiger partial charge in [-0.1, -0.05) is 0 Å². The van der Waals surface area contributed by atoms with E-state index in [1.54, 1.807) is 6.07 Å². The Morgan fingerprint density at radius 1 is 1.19 bits per heavy atom. The molecule has 0 unspecified atom stereocenters. The number of fused-ring (bicyclic) bond motifs is 1. The van der Waals surface area contributed by atoms with Gasteiger partial charge in [-0.3, -0.25) is 9.36 Å². The van der Waals surface area contributed by atoms with E-state index < -0.39 is 29.4 Å². The fourth-order valence-corrected chi connectivity index (χ4v) is 3.68. The molecule has 7 nitrogen and oxygen atoms in total. The molecular weight excluding hydrogens is 387 g/mol. The summed E-state index contributed by atoms with van der Waals surface area (Å²) >= 11 is 1.19. The Morgan fingerprint density at radius 3 is 2.56 bits per heavy atom. The van der Waals surface area contributed by atoms with Crippen molar-refractivity contribution in [3.05, 3.63) is 56.5 Å². The van der Waals surface area contributed by atoms with Crippen molar-refractivity contribution in [3.63, 3.8) is 0 Å². The molecule has 1 aliphatic rings. The normalized spacial score (nSPS) is 15.7. The lowest BCUT2D eigenvalue weighted by Crippen LogP contribution is -2.40. The number of rotatable bonds is 2. The minimum absolute atomic E-state index is 0.140. The molecule has 2 aromatic heterocycles. The average molecular weight is 399 g/mol. The van der Waals surface area contributed by atoms with E-state index in [4.69, 9.17) is 9.47 Å². The number of nitrogens with zero attached hydrogens (tertiary/aromatic N) is 3. The van der Waals surface area contributed by atoms with Crippen molar-refractivity contribution in [1.29, 1.82) is 0 Å². The summed E-state index contributed by atoms with van der Waals surface area (Å²) in [5, 5.41) is 0.609. The molecule has 1 aliphatic heterocycles. The number of aromatic nitrogens is 3. The third kappa shape index (κ3) is 2.97. The van der Waals surface area contributed by atoms with Crippen molar-refractivity contribution in [3.8, 4) is 5.69 Å². The molecule has 142 valence electrons. The third-order valence-corrected chi connectivity index (χ3v) is 5.04. The average Bonchev–Trinajstić information content (AvgIpc) is 3.26. The lowest BCUT2D eigenvalue weighted by molar-refractivity contribution is -0.144. The largest absolute Gasteiger partial charge is 0.431 e. The van der Waals surface area contributed by atoms with Crippen LogP contribution in [0.25, 0.3) is 15.8 Å². The SMILES string of the molecule is Cn1c(C(F)(F)F)cc(=O)n(-c2ccc3snc(C4OCCO4)c3c2)c1=O. The Hall–Kier alpha value is -2.50. The van der Waals surface area contributed by atoms with E-state index in [0.717, 1.165) is 11.7 Å². The third-order valence-electron chi connectivity index (χ3n) is 4.20. The Kier molecular flexibility index (Phi) is 4.17. The van der Waals surface area contributed by atoms with Crippen molar-refractivity contribution in [2.24, 2.45) is 7.05 Å². The zero-order valence-corrected chi connectivity index (χ0v) is 14.6. The number of benzene rings is 1. The van der Waals surface area contributed by atoms with Gasteiger partial charge < -0.3 is 9.47 Å². The van der Waals surface area contributed by atoms with Crippen LogP contribution < -0.4 is 11.2 Å². The molecule has 0 radical (unpaired) electrons. The fourth-order valence-electron chi connectivity index (χ4n) is 2.91. The molecule has 0 aliphatic carbocycles. The summed E-state index contributed by atoms with van der Waals surface area (Å²) < 4.78 is 56.0. The number of hydrogen-bond donors (Lipinski definition) is 0. The Balaban J connectivity index is 1.90. The van der Waals surface area contributed by atoms with Gasteiger partial charge in [-0.15, -0.1) is 0 Å². The standard InChI is InChI=1S/C16H12F3N3O4S/c1-21-11(16(17,18)19)7-12(23)22(15(21)24)8-2-3-10-9(6-8)13(20-27-10)14-25-4-5-26-14/h2-3,6-7,14H,4-5H2,1H3. The smallest absolute Gasteiger partial charge is 0.345 e. The second-order valence-electron chi connectivity index (χ2n) is 5.86. The first-order valence-corrected chi connectivity index (χ1v) is 8.58.